The molecule has 1 amide bonds. The number of fused-ring (bicyclic) bond motifs is 1. The molecular formula is C17H24N2O4. The van der Waals surface area contributed by atoms with Gasteiger partial charge in [-0.25, -0.2) is 0 Å². The summed E-state index contributed by atoms with van der Waals surface area (Å²) in [4.78, 5) is 16.8. The van der Waals surface area contributed by atoms with Crippen LogP contribution >= 0.6 is 0 Å². The van der Waals surface area contributed by atoms with Crippen LogP contribution in [0.4, 0.5) is 0 Å². The lowest BCUT2D eigenvalue weighted by Crippen LogP contribution is -2.43. The summed E-state index contributed by atoms with van der Waals surface area (Å²) in [5.41, 5.74) is 1.18. The van der Waals surface area contributed by atoms with Crippen molar-refractivity contribution >= 4 is 5.91 Å². The number of carbonyl (C=O) groups is 1. The summed E-state index contributed by atoms with van der Waals surface area (Å²) in [6.07, 6.45) is 4.61. The van der Waals surface area contributed by atoms with Crippen LogP contribution in [-0.2, 0) is 16.1 Å². The zero-order chi connectivity index (χ0) is 15.8. The number of hydrogen-bond acceptors (Lipinski definition) is 5. The van der Waals surface area contributed by atoms with E-state index in [2.05, 4.69) is 4.90 Å². The molecule has 0 aromatic carbocycles. The van der Waals surface area contributed by atoms with Crippen LogP contribution in [0.1, 0.15) is 18.4 Å². The molecule has 3 aliphatic rings. The predicted octanol–water partition coefficient (Wildman–Crippen LogP) is 0.710. The molecule has 6 heteroatoms. The maximum absolute atomic E-state index is 12.5. The Morgan fingerprint density at radius 3 is 2.91 bits per heavy atom. The highest BCUT2D eigenvalue weighted by atomic mass is 16.5. The van der Waals surface area contributed by atoms with Crippen LogP contribution in [0.25, 0.3) is 0 Å². The number of amides is 1. The van der Waals surface area contributed by atoms with Crippen LogP contribution in [0.5, 0.6) is 0 Å². The lowest BCUT2D eigenvalue weighted by Gasteiger charge is -2.33. The number of rotatable bonds is 3. The van der Waals surface area contributed by atoms with E-state index in [9.17, 15) is 9.90 Å². The Morgan fingerprint density at radius 2 is 2.17 bits per heavy atom. The van der Waals surface area contributed by atoms with E-state index in [1.165, 1.54) is 5.56 Å². The molecular weight excluding hydrogens is 296 g/mol. The van der Waals surface area contributed by atoms with Crippen molar-refractivity contribution in [1.29, 1.82) is 0 Å². The molecule has 2 aliphatic heterocycles. The highest BCUT2D eigenvalue weighted by molar-refractivity contribution is 5.80. The minimum absolute atomic E-state index is 0.0226. The van der Waals surface area contributed by atoms with Crippen LogP contribution in [0.3, 0.4) is 0 Å². The fourth-order valence-corrected chi connectivity index (χ4v) is 3.97. The van der Waals surface area contributed by atoms with E-state index in [0.717, 1.165) is 26.2 Å². The molecule has 1 saturated carbocycles. The van der Waals surface area contributed by atoms with Gasteiger partial charge in [0.15, 0.2) is 0 Å². The van der Waals surface area contributed by atoms with Crippen molar-refractivity contribution in [2.24, 2.45) is 11.8 Å². The number of carbonyl (C=O) groups excluding carboxylic acids is 1. The van der Waals surface area contributed by atoms with Crippen LogP contribution in [0, 0.1) is 11.8 Å². The average Bonchev–Trinajstić information content (AvgIpc) is 3.10. The first-order valence-corrected chi connectivity index (χ1v) is 8.51. The second kappa shape index (κ2) is 6.26. The Balaban J connectivity index is 1.35. The quantitative estimate of drug-likeness (QED) is 0.888. The molecule has 126 valence electrons. The van der Waals surface area contributed by atoms with E-state index in [1.54, 1.807) is 12.5 Å². The molecule has 1 aromatic rings. The van der Waals surface area contributed by atoms with Gasteiger partial charge < -0.3 is 19.2 Å². The van der Waals surface area contributed by atoms with E-state index in [0.29, 0.717) is 31.9 Å². The van der Waals surface area contributed by atoms with Crippen LogP contribution < -0.4 is 0 Å². The highest BCUT2D eigenvalue weighted by Gasteiger charge is 2.42. The molecule has 2 atom stereocenters. The van der Waals surface area contributed by atoms with Crippen molar-refractivity contribution < 1.29 is 19.1 Å². The van der Waals surface area contributed by atoms with Gasteiger partial charge in [-0.2, -0.15) is 0 Å². The standard InChI is InChI=1S/C17H24N2O4/c20-15-5-13(6-15)17(21)19-9-14-8-18(2-4-23-16(14)10-19)7-12-1-3-22-11-12/h1,3,11,13-16,20H,2,4-10H2/t13?,14-,15?,16+/m0/s1. The number of nitrogens with zero attached hydrogens (tertiary/aromatic N) is 2. The first-order chi connectivity index (χ1) is 11.2. The molecule has 0 unspecified atom stereocenters. The van der Waals surface area contributed by atoms with Gasteiger partial charge in [0, 0.05) is 50.1 Å². The summed E-state index contributed by atoms with van der Waals surface area (Å²) in [5, 5.41) is 9.40. The van der Waals surface area contributed by atoms with Gasteiger partial charge in [-0.1, -0.05) is 0 Å². The Hall–Kier alpha value is -1.37. The first-order valence-electron chi connectivity index (χ1n) is 8.51. The zero-order valence-electron chi connectivity index (χ0n) is 13.3. The fourth-order valence-electron chi connectivity index (χ4n) is 3.97. The maximum Gasteiger partial charge on any atom is 0.225 e. The number of ether oxygens (including phenoxy) is 1. The van der Waals surface area contributed by atoms with Crippen LogP contribution in [0.2, 0.25) is 0 Å². The molecule has 3 fully saturated rings. The number of aliphatic hydroxyl groups excluding tert-OH is 1. The Bertz CT molecular complexity index is 541. The third kappa shape index (κ3) is 3.16. The average molecular weight is 320 g/mol. The molecule has 0 radical (unpaired) electrons. The Kier molecular flexibility index (Phi) is 4.13. The third-order valence-electron chi connectivity index (χ3n) is 5.37. The minimum Gasteiger partial charge on any atom is -0.472 e. The van der Waals surface area contributed by atoms with Crippen molar-refractivity contribution in [3.63, 3.8) is 0 Å². The van der Waals surface area contributed by atoms with Crippen LogP contribution in [-0.4, -0.2) is 65.8 Å². The molecule has 0 bridgehead atoms. The SMILES string of the molecule is O=C(C1CC(O)C1)N1C[C@@H]2CN(Cc3ccoc3)CCO[C@@H]2C1. The Morgan fingerprint density at radius 1 is 1.30 bits per heavy atom. The van der Waals surface area contributed by atoms with Crippen molar-refractivity contribution in [1.82, 2.24) is 9.80 Å². The zero-order valence-corrected chi connectivity index (χ0v) is 13.3. The van der Waals surface area contributed by atoms with Gasteiger partial charge in [0.25, 0.3) is 0 Å². The molecule has 3 heterocycles. The number of furan rings is 1. The van der Waals surface area contributed by atoms with Gasteiger partial charge in [0.05, 0.1) is 31.3 Å². The molecule has 2 saturated heterocycles. The number of hydrogen-bond donors (Lipinski definition) is 1. The molecule has 1 N–H and O–H groups in total. The molecule has 1 aliphatic carbocycles. The lowest BCUT2D eigenvalue weighted by atomic mass is 9.81. The van der Waals surface area contributed by atoms with E-state index < -0.39 is 0 Å². The minimum atomic E-state index is -0.279. The van der Waals surface area contributed by atoms with Crippen LogP contribution in [0.15, 0.2) is 23.0 Å². The second-order valence-electron chi connectivity index (χ2n) is 7.10. The van der Waals surface area contributed by atoms with Gasteiger partial charge in [0.2, 0.25) is 5.91 Å². The predicted molar refractivity (Wildman–Crippen MR) is 82.5 cm³/mol. The number of likely N-dealkylation sites (tertiary alicyclic amines) is 1. The van der Waals surface area contributed by atoms with E-state index in [1.807, 2.05) is 11.0 Å². The molecule has 4 rings (SSSR count). The van der Waals surface area contributed by atoms with Gasteiger partial charge in [-0.15, -0.1) is 0 Å². The second-order valence-corrected chi connectivity index (χ2v) is 7.10. The summed E-state index contributed by atoms with van der Waals surface area (Å²) in [7, 11) is 0. The summed E-state index contributed by atoms with van der Waals surface area (Å²) >= 11 is 0. The monoisotopic (exact) mass is 320 g/mol. The van der Waals surface area contributed by atoms with E-state index in [4.69, 9.17) is 9.15 Å². The lowest BCUT2D eigenvalue weighted by molar-refractivity contribution is -0.141. The normalized spacial score (nSPS) is 34.7. The molecule has 0 spiro atoms. The van der Waals surface area contributed by atoms with Crippen molar-refractivity contribution in [3.8, 4) is 0 Å². The van der Waals surface area contributed by atoms with Gasteiger partial charge in [-0.3, -0.25) is 9.69 Å². The van der Waals surface area contributed by atoms with Gasteiger partial charge >= 0.3 is 0 Å². The highest BCUT2D eigenvalue weighted by Crippen LogP contribution is 2.32. The summed E-state index contributed by atoms with van der Waals surface area (Å²) in [6.45, 7) is 4.93. The Labute approximate surface area is 136 Å². The van der Waals surface area contributed by atoms with E-state index >= 15 is 0 Å². The smallest absolute Gasteiger partial charge is 0.225 e. The van der Waals surface area contributed by atoms with Crippen molar-refractivity contribution in [2.45, 2.75) is 31.6 Å². The van der Waals surface area contributed by atoms with Gasteiger partial charge in [0.1, 0.15) is 0 Å². The largest absolute Gasteiger partial charge is 0.472 e. The van der Waals surface area contributed by atoms with E-state index in [-0.39, 0.29) is 24.0 Å². The molecule has 23 heavy (non-hydrogen) atoms. The third-order valence-corrected chi connectivity index (χ3v) is 5.37. The van der Waals surface area contributed by atoms with Gasteiger partial charge in [-0.05, 0) is 18.9 Å². The molecule has 6 nitrogen and oxygen atoms in total. The van der Waals surface area contributed by atoms with Crippen molar-refractivity contribution in [3.05, 3.63) is 24.2 Å². The topological polar surface area (TPSA) is 66.2 Å². The first kappa shape index (κ1) is 15.2. The maximum atomic E-state index is 12.5. The molecule has 1 aromatic heterocycles. The summed E-state index contributed by atoms with van der Waals surface area (Å²) in [6, 6.07) is 2.00. The summed E-state index contributed by atoms with van der Waals surface area (Å²) in [5.74, 6) is 0.598. The fraction of sp³-hybridized carbons (Fsp3) is 0.706. The van der Waals surface area contributed by atoms with Crippen molar-refractivity contribution in [2.75, 3.05) is 32.8 Å². The summed E-state index contributed by atoms with van der Waals surface area (Å²) < 4.78 is 11.1. The number of aliphatic hydroxyl groups is 1.